The molecule has 1 N–H and O–H groups in total. The average Bonchev–Trinajstić information content (AvgIpc) is 3.59. The number of hydrogen-bond acceptors (Lipinski definition) is 6. The summed E-state index contributed by atoms with van der Waals surface area (Å²) in [6, 6.07) is 18.8. The number of nitrogens with zero attached hydrogens (tertiary/aromatic N) is 4. The Morgan fingerprint density at radius 2 is 2.00 bits per heavy atom. The first-order chi connectivity index (χ1) is 19.0. The van der Waals surface area contributed by atoms with Crippen LogP contribution in [-0.4, -0.2) is 31.8 Å². The van der Waals surface area contributed by atoms with Crippen molar-refractivity contribution in [2.75, 3.05) is 5.75 Å². The zero-order valence-corrected chi connectivity index (χ0v) is 22.3. The number of aryl methyl sites for hydroxylation is 1. The number of benzene rings is 2. The van der Waals surface area contributed by atoms with Gasteiger partial charge in [0, 0.05) is 24.0 Å². The molecule has 0 unspecified atom stereocenters. The van der Waals surface area contributed by atoms with E-state index < -0.39 is 0 Å². The maximum absolute atomic E-state index is 14.1. The molecule has 1 aliphatic rings. The van der Waals surface area contributed by atoms with Gasteiger partial charge in [-0.15, -0.1) is 0 Å². The van der Waals surface area contributed by atoms with Crippen LogP contribution in [0.1, 0.15) is 37.7 Å². The molecule has 0 saturated heterocycles. The minimum absolute atomic E-state index is 0.0726. The Morgan fingerprint density at radius 3 is 2.77 bits per heavy atom. The molecule has 1 saturated carbocycles. The van der Waals surface area contributed by atoms with Crippen molar-refractivity contribution >= 4 is 39.6 Å². The van der Waals surface area contributed by atoms with E-state index in [1.807, 2.05) is 41.9 Å². The Labute approximate surface area is 229 Å². The molecule has 0 spiro atoms. The zero-order chi connectivity index (χ0) is 26.9. The summed E-state index contributed by atoms with van der Waals surface area (Å²) in [6.07, 6.45) is 7.10. The number of nitriles is 1. The van der Waals surface area contributed by atoms with Crippen molar-refractivity contribution in [3.05, 3.63) is 76.8 Å². The number of furan rings is 1. The van der Waals surface area contributed by atoms with Crippen LogP contribution < -0.4 is 10.9 Å². The Hall–Kier alpha value is -4.29. The third kappa shape index (κ3) is 4.72. The van der Waals surface area contributed by atoms with Crippen molar-refractivity contribution in [3.8, 4) is 23.1 Å². The Kier molecular flexibility index (Phi) is 6.71. The van der Waals surface area contributed by atoms with Crippen LogP contribution in [0.15, 0.2) is 75.2 Å². The molecule has 9 heteroatoms. The maximum atomic E-state index is 14.1. The number of carbonyl (C=O) groups excluding carboxylic acids is 1. The second-order valence-corrected chi connectivity index (χ2v) is 10.8. The summed E-state index contributed by atoms with van der Waals surface area (Å²) in [5.41, 5.74) is 3.46. The fourth-order valence-electron chi connectivity index (χ4n) is 5.40. The second-order valence-electron chi connectivity index (χ2n) is 9.85. The molecular weight excluding hydrogens is 510 g/mol. The summed E-state index contributed by atoms with van der Waals surface area (Å²) in [6.45, 7) is 0. The Bertz CT molecular complexity index is 1790. The van der Waals surface area contributed by atoms with Crippen molar-refractivity contribution < 1.29 is 9.21 Å². The number of fused-ring (bicyclic) bond motifs is 3. The van der Waals surface area contributed by atoms with E-state index in [9.17, 15) is 14.9 Å². The van der Waals surface area contributed by atoms with E-state index in [2.05, 4.69) is 11.4 Å². The lowest BCUT2D eigenvalue weighted by atomic mass is 9.95. The molecule has 6 rings (SSSR count). The number of carbonyl (C=O) groups is 1. The van der Waals surface area contributed by atoms with Crippen LogP contribution >= 0.6 is 11.8 Å². The minimum Gasteiger partial charge on any atom is -0.464 e. The summed E-state index contributed by atoms with van der Waals surface area (Å²) in [5, 5.41) is 13.8. The predicted molar refractivity (Wildman–Crippen MR) is 152 cm³/mol. The average molecular weight is 538 g/mol. The predicted octanol–water partition coefficient (Wildman–Crippen LogP) is 5.55. The normalized spacial score (nSPS) is 14.1. The number of aromatic nitrogens is 3. The van der Waals surface area contributed by atoms with Crippen molar-refractivity contribution in [1.29, 1.82) is 5.26 Å². The topological polar surface area (TPSA) is 106 Å². The van der Waals surface area contributed by atoms with Crippen LogP contribution in [0, 0.1) is 11.3 Å². The Balaban J connectivity index is 1.48. The molecule has 3 aromatic heterocycles. The van der Waals surface area contributed by atoms with E-state index in [1.54, 1.807) is 30.5 Å². The summed E-state index contributed by atoms with van der Waals surface area (Å²) < 4.78 is 8.95. The quantitative estimate of drug-likeness (QED) is 0.225. The van der Waals surface area contributed by atoms with E-state index in [1.165, 1.54) is 22.7 Å². The SMILES string of the molecule is Cn1c2ccc(-c3ccco3)cc2c2nc(SCC(=O)NC3CCCCC3)n(-c3cccc(C#N)c3)c(=O)c21. The molecule has 1 amide bonds. The van der Waals surface area contributed by atoms with Gasteiger partial charge in [0.2, 0.25) is 5.91 Å². The van der Waals surface area contributed by atoms with Gasteiger partial charge in [0.1, 0.15) is 16.8 Å². The van der Waals surface area contributed by atoms with E-state index in [0.717, 1.165) is 47.9 Å². The molecule has 3 heterocycles. The van der Waals surface area contributed by atoms with E-state index >= 15 is 0 Å². The zero-order valence-electron chi connectivity index (χ0n) is 21.5. The number of amides is 1. The largest absolute Gasteiger partial charge is 0.464 e. The molecule has 0 atom stereocenters. The monoisotopic (exact) mass is 537 g/mol. The highest BCUT2D eigenvalue weighted by Crippen LogP contribution is 2.32. The van der Waals surface area contributed by atoms with E-state index in [4.69, 9.17) is 9.40 Å². The van der Waals surface area contributed by atoms with Crippen LogP contribution in [0.25, 0.3) is 38.9 Å². The van der Waals surface area contributed by atoms with Crippen molar-refractivity contribution in [3.63, 3.8) is 0 Å². The summed E-state index contributed by atoms with van der Waals surface area (Å²) >= 11 is 1.23. The minimum atomic E-state index is -0.261. The van der Waals surface area contributed by atoms with Crippen LogP contribution in [0.2, 0.25) is 0 Å². The van der Waals surface area contributed by atoms with Gasteiger partial charge in [-0.2, -0.15) is 5.26 Å². The van der Waals surface area contributed by atoms with Crippen LogP contribution in [0.3, 0.4) is 0 Å². The van der Waals surface area contributed by atoms with Gasteiger partial charge in [-0.1, -0.05) is 37.1 Å². The van der Waals surface area contributed by atoms with Gasteiger partial charge in [-0.05, 0) is 61.4 Å². The van der Waals surface area contributed by atoms with Gasteiger partial charge in [0.15, 0.2) is 5.16 Å². The molecule has 0 aliphatic heterocycles. The molecule has 196 valence electrons. The highest BCUT2D eigenvalue weighted by molar-refractivity contribution is 7.99. The lowest BCUT2D eigenvalue weighted by Gasteiger charge is -2.22. The van der Waals surface area contributed by atoms with E-state index in [0.29, 0.717) is 27.4 Å². The van der Waals surface area contributed by atoms with E-state index in [-0.39, 0.29) is 23.3 Å². The van der Waals surface area contributed by atoms with Gasteiger partial charge in [0.05, 0.1) is 34.9 Å². The lowest BCUT2D eigenvalue weighted by molar-refractivity contribution is -0.119. The summed E-state index contributed by atoms with van der Waals surface area (Å²) in [7, 11) is 1.85. The first-order valence-electron chi connectivity index (χ1n) is 13.1. The highest BCUT2D eigenvalue weighted by atomic mass is 32.2. The van der Waals surface area contributed by atoms with Gasteiger partial charge in [-0.3, -0.25) is 14.2 Å². The molecule has 39 heavy (non-hydrogen) atoms. The fraction of sp³-hybridized carbons (Fsp3) is 0.267. The van der Waals surface area contributed by atoms with Crippen molar-refractivity contribution in [1.82, 2.24) is 19.4 Å². The van der Waals surface area contributed by atoms with Crippen LogP contribution in [0.4, 0.5) is 0 Å². The van der Waals surface area contributed by atoms with Crippen molar-refractivity contribution in [2.45, 2.75) is 43.3 Å². The molecule has 0 bridgehead atoms. The lowest BCUT2D eigenvalue weighted by Crippen LogP contribution is -2.37. The van der Waals surface area contributed by atoms with Crippen molar-refractivity contribution in [2.24, 2.45) is 7.05 Å². The van der Waals surface area contributed by atoms with Gasteiger partial charge in [0.25, 0.3) is 5.56 Å². The van der Waals surface area contributed by atoms with Gasteiger partial charge in [-0.25, -0.2) is 4.98 Å². The first-order valence-corrected chi connectivity index (χ1v) is 14.0. The summed E-state index contributed by atoms with van der Waals surface area (Å²) in [4.78, 5) is 31.9. The first kappa shape index (κ1) is 25.0. The standard InChI is InChI=1S/C30H27N5O3S/c1-34-24-13-12-20(25-11-6-14-38-25)16-23(24)27-28(34)29(37)35(22-10-5-7-19(15-22)17-31)30(33-27)39-18-26(36)32-21-8-3-2-4-9-21/h5-7,10-16,21H,2-4,8-9,18H2,1H3,(H,32,36). The summed E-state index contributed by atoms with van der Waals surface area (Å²) in [5.74, 6) is 0.788. The van der Waals surface area contributed by atoms with Crippen LogP contribution in [-0.2, 0) is 11.8 Å². The fourth-order valence-corrected chi connectivity index (χ4v) is 6.22. The molecule has 2 aromatic carbocycles. The number of rotatable bonds is 6. The second kappa shape index (κ2) is 10.5. The number of hydrogen-bond donors (Lipinski definition) is 1. The Morgan fingerprint density at radius 1 is 1.15 bits per heavy atom. The van der Waals surface area contributed by atoms with Gasteiger partial charge >= 0.3 is 0 Å². The van der Waals surface area contributed by atoms with Gasteiger partial charge < -0.3 is 14.3 Å². The molecule has 0 radical (unpaired) electrons. The molecule has 1 fully saturated rings. The number of thioether (sulfide) groups is 1. The molecule has 8 nitrogen and oxygen atoms in total. The maximum Gasteiger partial charge on any atom is 0.283 e. The molecular formula is C30H27N5O3S. The molecule has 5 aromatic rings. The number of nitrogens with one attached hydrogen (secondary N) is 1. The van der Waals surface area contributed by atoms with Crippen LogP contribution in [0.5, 0.6) is 0 Å². The highest BCUT2D eigenvalue weighted by Gasteiger charge is 2.22. The third-order valence-corrected chi connectivity index (χ3v) is 8.26. The molecule has 1 aliphatic carbocycles. The third-order valence-electron chi connectivity index (χ3n) is 7.32. The smallest absolute Gasteiger partial charge is 0.283 e.